The molecule has 0 bridgehead atoms. The van der Waals surface area contributed by atoms with E-state index in [1.807, 2.05) is 11.0 Å². The molecular formula is C22H30Cl2N6O. The predicted molar refractivity (Wildman–Crippen MR) is 127 cm³/mol. The Morgan fingerprint density at radius 1 is 1.13 bits per heavy atom. The molecule has 1 aliphatic carbocycles. The van der Waals surface area contributed by atoms with Gasteiger partial charge >= 0.3 is 0 Å². The number of nitrogens with zero attached hydrogens (tertiary/aromatic N) is 4. The monoisotopic (exact) mass is 464 g/mol. The summed E-state index contributed by atoms with van der Waals surface area (Å²) in [4.78, 5) is 26.1. The van der Waals surface area contributed by atoms with Crippen molar-refractivity contribution < 1.29 is 4.79 Å². The molecule has 2 heterocycles. The molecule has 7 nitrogen and oxygen atoms in total. The fourth-order valence-electron chi connectivity index (χ4n) is 4.10. The topological polar surface area (TPSA) is 101 Å². The lowest BCUT2D eigenvalue weighted by Crippen LogP contribution is -2.50. The maximum absolute atomic E-state index is 13.3. The van der Waals surface area contributed by atoms with Crippen molar-refractivity contribution in [2.24, 2.45) is 5.73 Å². The van der Waals surface area contributed by atoms with Crippen molar-refractivity contribution in [3.05, 3.63) is 45.7 Å². The molecule has 9 heteroatoms. The molecule has 1 atom stereocenters. The van der Waals surface area contributed by atoms with Crippen molar-refractivity contribution in [3.8, 4) is 0 Å². The third-order valence-corrected chi connectivity index (χ3v) is 6.61. The molecular weight excluding hydrogens is 435 g/mol. The van der Waals surface area contributed by atoms with Crippen molar-refractivity contribution in [3.63, 3.8) is 0 Å². The van der Waals surface area contributed by atoms with Gasteiger partial charge in [-0.05, 0) is 49.4 Å². The second-order valence-corrected chi connectivity index (χ2v) is 8.70. The summed E-state index contributed by atoms with van der Waals surface area (Å²) in [5.41, 5.74) is 13.8. The Morgan fingerprint density at radius 3 is 2.45 bits per heavy atom. The number of carbonyl (C=O) groups excluding carboxylic acids is 1. The van der Waals surface area contributed by atoms with Crippen LogP contribution in [0.1, 0.15) is 49.7 Å². The summed E-state index contributed by atoms with van der Waals surface area (Å²) in [7, 11) is 0. The number of nitrogens with two attached hydrogens (primary N) is 2. The molecule has 2 fully saturated rings. The highest BCUT2D eigenvalue weighted by Crippen LogP contribution is 2.46. The lowest BCUT2D eigenvalue weighted by molar-refractivity contribution is -0.133. The minimum Gasteiger partial charge on any atom is -0.383 e. The average molecular weight is 465 g/mol. The van der Waals surface area contributed by atoms with Gasteiger partial charge in [0, 0.05) is 31.7 Å². The van der Waals surface area contributed by atoms with Crippen LogP contribution in [0.5, 0.6) is 0 Å². The number of anilines is 2. The highest BCUT2D eigenvalue weighted by atomic mass is 35.5. The summed E-state index contributed by atoms with van der Waals surface area (Å²) in [5.74, 6) is 1.70. The molecule has 1 saturated heterocycles. The molecule has 0 spiro atoms. The van der Waals surface area contributed by atoms with Gasteiger partial charge in [0.2, 0.25) is 5.91 Å². The third-order valence-electron chi connectivity index (χ3n) is 5.87. The van der Waals surface area contributed by atoms with E-state index in [9.17, 15) is 4.79 Å². The van der Waals surface area contributed by atoms with Crippen molar-refractivity contribution in [1.29, 1.82) is 0 Å². The maximum atomic E-state index is 13.3. The number of halogens is 2. The Labute approximate surface area is 193 Å². The van der Waals surface area contributed by atoms with Crippen LogP contribution in [0, 0.1) is 0 Å². The molecule has 4 N–H and O–H groups in total. The number of rotatable bonds is 6. The van der Waals surface area contributed by atoms with E-state index in [1.165, 1.54) is 6.33 Å². The number of hydrogen-bond acceptors (Lipinski definition) is 6. The zero-order valence-corrected chi connectivity index (χ0v) is 18.2. The van der Waals surface area contributed by atoms with Crippen LogP contribution in [-0.2, 0) is 4.79 Å². The molecule has 2 aliphatic rings. The van der Waals surface area contributed by atoms with E-state index in [4.69, 9.17) is 34.7 Å². The highest BCUT2D eigenvalue weighted by molar-refractivity contribution is 6.42. The van der Waals surface area contributed by atoms with Crippen LogP contribution in [0.2, 0.25) is 10.0 Å². The highest BCUT2D eigenvalue weighted by Gasteiger charge is 2.34. The molecule has 168 valence electrons. The molecule has 31 heavy (non-hydrogen) atoms. The fourth-order valence-corrected chi connectivity index (χ4v) is 4.41. The summed E-state index contributed by atoms with van der Waals surface area (Å²) in [6.45, 7) is 3.07. The van der Waals surface area contributed by atoms with Gasteiger partial charge in [0.1, 0.15) is 18.0 Å². The molecule has 1 aliphatic heterocycles. The van der Waals surface area contributed by atoms with Crippen molar-refractivity contribution >= 4 is 40.7 Å². The first kappa shape index (κ1) is 23.6. The number of carbonyl (C=O) groups is 1. The Morgan fingerprint density at radius 2 is 1.84 bits per heavy atom. The Bertz CT molecular complexity index is 928. The quantitative estimate of drug-likeness (QED) is 0.675. The first-order chi connectivity index (χ1) is 14.5. The maximum Gasteiger partial charge on any atom is 0.230 e. The van der Waals surface area contributed by atoms with E-state index in [0.29, 0.717) is 60.9 Å². The fraction of sp³-hybridized carbons (Fsp3) is 0.500. The zero-order chi connectivity index (χ0) is 21.3. The van der Waals surface area contributed by atoms with Gasteiger partial charge in [-0.2, -0.15) is 0 Å². The van der Waals surface area contributed by atoms with E-state index in [-0.39, 0.29) is 19.3 Å². The van der Waals surface area contributed by atoms with Crippen LogP contribution in [0.3, 0.4) is 0 Å². The third kappa shape index (κ3) is 5.05. The van der Waals surface area contributed by atoms with Gasteiger partial charge in [0.25, 0.3) is 0 Å². The van der Waals surface area contributed by atoms with Gasteiger partial charge in [-0.15, -0.1) is 0 Å². The van der Waals surface area contributed by atoms with Gasteiger partial charge in [-0.25, -0.2) is 9.97 Å². The molecule has 1 unspecified atom stereocenters. The largest absolute Gasteiger partial charge is 0.383 e. The summed E-state index contributed by atoms with van der Waals surface area (Å²) in [6.07, 6.45) is 4.35. The lowest BCUT2D eigenvalue weighted by Gasteiger charge is -2.37. The SMILES string of the molecule is C.NCCC(C(=O)N1CCN(c2ncnc(N)c2C2CC2)CC1)c1ccc(Cl)c(Cl)c1. The lowest BCUT2D eigenvalue weighted by atomic mass is 9.94. The predicted octanol–water partition coefficient (Wildman–Crippen LogP) is 3.66. The second-order valence-electron chi connectivity index (χ2n) is 7.89. The van der Waals surface area contributed by atoms with Crippen LogP contribution in [0.4, 0.5) is 11.6 Å². The van der Waals surface area contributed by atoms with Gasteiger partial charge in [-0.3, -0.25) is 4.79 Å². The molecule has 4 rings (SSSR count). The standard InChI is InChI=1S/C21H26Cl2N6O.CH4/c22-16-4-3-14(11-17(16)23)15(5-6-24)21(30)29-9-7-28(8-10-29)20-18(13-1-2-13)19(25)26-12-27-20;/h3-4,11-13,15H,1-2,5-10,24H2,(H2,25,26,27);1H4. The van der Waals surface area contributed by atoms with Gasteiger partial charge in [-0.1, -0.05) is 36.7 Å². The molecule has 1 saturated carbocycles. The first-order valence-corrected chi connectivity index (χ1v) is 11.0. The van der Waals surface area contributed by atoms with E-state index in [1.54, 1.807) is 12.1 Å². The minimum absolute atomic E-state index is 0. The Hall–Kier alpha value is -2.09. The van der Waals surface area contributed by atoms with Crippen LogP contribution in [-0.4, -0.2) is 53.5 Å². The molecule has 1 aromatic heterocycles. The van der Waals surface area contributed by atoms with Crippen LogP contribution in [0.25, 0.3) is 0 Å². The number of benzene rings is 1. The van der Waals surface area contributed by atoms with E-state index >= 15 is 0 Å². The second kappa shape index (κ2) is 10.0. The van der Waals surface area contributed by atoms with E-state index in [2.05, 4.69) is 14.9 Å². The number of aromatic nitrogens is 2. The van der Waals surface area contributed by atoms with Crippen LogP contribution >= 0.6 is 23.2 Å². The van der Waals surface area contributed by atoms with Crippen LogP contribution in [0.15, 0.2) is 24.5 Å². The molecule has 0 radical (unpaired) electrons. The molecule has 1 amide bonds. The zero-order valence-electron chi connectivity index (χ0n) is 16.7. The summed E-state index contributed by atoms with van der Waals surface area (Å²) < 4.78 is 0. The molecule has 2 aromatic rings. The number of piperazine rings is 1. The first-order valence-electron chi connectivity index (χ1n) is 10.3. The van der Waals surface area contributed by atoms with Crippen molar-refractivity contribution in [2.45, 2.75) is 38.5 Å². The number of hydrogen-bond donors (Lipinski definition) is 2. The van der Waals surface area contributed by atoms with Gasteiger partial charge in [0.05, 0.1) is 16.0 Å². The average Bonchev–Trinajstić information content (AvgIpc) is 3.59. The summed E-state index contributed by atoms with van der Waals surface area (Å²) in [5, 5.41) is 0.923. The summed E-state index contributed by atoms with van der Waals surface area (Å²) in [6, 6.07) is 5.35. The van der Waals surface area contributed by atoms with Gasteiger partial charge in [0.15, 0.2) is 0 Å². The van der Waals surface area contributed by atoms with E-state index in [0.717, 1.165) is 29.8 Å². The van der Waals surface area contributed by atoms with Gasteiger partial charge < -0.3 is 21.3 Å². The Balaban J connectivity index is 0.00000272. The van der Waals surface area contributed by atoms with Crippen molar-refractivity contribution in [1.82, 2.24) is 14.9 Å². The van der Waals surface area contributed by atoms with Crippen LogP contribution < -0.4 is 16.4 Å². The number of nitrogen functional groups attached to an aromatic ring is 1. The normalized spacial score (nSPS) is 17.3. The summed E-state index contributed by atoms with van der Waals surface area (Å²) >= 11 is 12.2. The smallest absolute Gasteiger partial charge is 0.230 e. The van der Waals surface area contributed by atoms with E-state index < -0.39 is 0 Å². The minimum atomic E-state index is -0.326. The van der Waals surface area contributed by atoms with Crippen molar-refractivity contribution in [2.75, 3.05) is 43.4 Å². The number of amides is 1. The molecule has 1 aromatic carbocycles. The Kier molecular flexibility index (Phi) is 7.62.